The Morgan fingerprint density at radius 1 is 1.04 bits per heavy atom. The van der Waals surface area contributed by atoms with Gasteiger partial charge in [-0.15, -0.1) is 0 Å². The zero-order valence-electron chi connectivity index (χ0n) is 14.5. The number of aryl methyl sites for hydroxylation is 1. The number of carbonyl (C=O) groups excluding carboxylic acids is 1. The van der Waals surface area contributed by atoms with Crippen LogP contribution in [0.25, 0.3) is 0 Å². The Bertz CT molecular complexity index is 709. The second kappa shape index (κ2) is 9.32. The average molecular weight is 340 g/mol. The number of anilines is 1. The summed E-state index contributed by atoms with van der Waals surface area (Å²) in [6.07, 6.45) is 0. The van der Waals surface area contributed by atoms with E-state index in [9.17, 15) is 9.90 Å². The summed E-state index contributed by atoms with van der Waals surface area (Å²) < 4.78 is 0. The minimum Gasteiger partial charge on any atom is -0.508 e. The Hall–Kier alpha value is -3.02. The van der Waals surface area contributed by atoms with Gasteiger partial charge >= 0.3 is 0 Å². The van der Waals surface area contributed by atoms with Crippen molar-refractivity contribution in [3.05, 3.63) is 59.7 Å². The van der Waals surface area contributed by atoms with Crippen molar-refractivity contribution in [2.75, 3.05) is 18.4 Å². The number of guanidine groups is 1. The Balaban J connectivity index is 1.87. The molecule has 0 aliphatic rings. The van der Waals surface area contributed by atoms with Gasteiger partial charge in [0.1, 0.15) is 5.75 Å². The fourth-order valence-corrected chi connectivity index (χ4v) is 2.12. The maximum Gasteiger partial charge on any atom is 0.243 e. The number of phenolic OH excluding ortho intramolecular Hbond substituents is 1. The zero-order valence-corrected chi connectivity index (χ0v) is 14.5. The minimum absolute atomic E-state index is 0.0978. The zero-order chi connectivity index (χ0) is 18.1. The van der Waals surface area contributed by atoms with E-state index in [1.807, 2.05) is 26.0 Å². The van der Waals surface area contributed by atoms with Gasteiger partial charge in [-0.3, -0.25) is 4.79 Å². The van der Waals surface area contributed by atoms with Gasteiger partial charge < -0.3 is 21.1 Å². The van der Waals surface area contributed by atoms with Gasteiger partial charge in [0.25, 0.3) is 0 Å². The molecule has 132 valence electrons. The van der Waals surface area contributed by atoms with Gasteiger partial charge in [0.15, 0.2) is 5.96 Å². The first-order chi connectivity index (χ1) is 12.1. The third kappa shape index (κ3) is 6.55. The summed E-state index contributed by atoms with van der Waals surface area (Å²) in [7, 11) is 0. The molecule has 0 fully saturated rings. The SMILES string of the molecule is CCNC(=NCc1ccc(C)cc1)NCC(=O)Nc1ccc(O)cc1. The lowest BCUT2D eigenvalue weighted by Gasteiger charge is -2.11. The van der Waals surface area contributed by atoms with Crippen molar-refractivity contribution in [3.8, 4) is 5.75 Å². The molecule has 0 aliphatic heterocycles. The highest BCUT2D eigenvalue weighted by Crippen LogP contribution is 2.13. The van der Waals surface area contributed by atoms with Crippen LogP contribution >= 0.6 is 0 Å². The fourth-order valence-electron chi connectivity index (χ4n) is 2.12. The van der Waals surface area contributed by atoms with Crippen LogP contribution in [0.4, 0.5) is 5.69 Å². The maximum atomic E-state index is 12.0. The highest BCUT2D eigenvalue weighted by atomic mass is 16.3. The summed E-state index contributed by atoms with van der Waals surface area (Å²) in [5.74, 6) is 0.560. The third-order valence-corrected chi connectivity index (χ3v) is 3.45. The normalized spacial score (nSPS) is 11.0. The van der Waals surface area contributed by atoms with E-state index in [0.717, 1.165) is 5.56 Å². The molecule has 0 bridgehead atoms. The van der Waals surface area contributed by atoms with Gasteiger partial charge in [-0.05, 0) is 43.7 Å². The number of aliphatic imine (C=N–C) groups is 1. The van der Waals surface area contributed by atoms with E-state index in [0.29, 0.717) is 24.7 Å². The van der Waals surface area contributed by atoms with Crippen LogP contribution < -0.4 is 16.0 Å². The topological polar surface area (TPSA) is 85.8 Å². The van der Waals surface area contributed by atoms with Crippen molar-refractivity contribution in [2.45, 2.75) is 20.4 Å². The second-order valence-electron chi connectivity index (χ2n) is 5.63. The van der Waals surface area contributed by atoms with Crippen molar-refractivity contribution in [2.24, 2.45) is 4.99 Å². The van der Waals surface area contributed by atoms with E-state index in [-0.39, 0.29) is 18.2 Å². The number of aromatic hydroxyl groups is 1. The molecule has 6 nitrogen and oxygen atoms in total. The maximum absolute atomic E-state index is 12.0. The molecular weight excluding hydrogens is 316 g/mol. The lowest BCUT2D eigenvalue weighted by Crippen LogP contribution is -2.41. The lowest BCUT2D eigenvalue weighted by molar-refractivity contribution is -0.115. The number of rotatable bonds is 6. The van der Waals surface area contributed by atoms with Gasteiger partial charge in [0.2, 0.25) is 5.91 Å². The fraction of sp³-hybridized carbons (Fsp3) is 0.263. The molecule has 0 saturated heterocycles. The highest BCUT2D eigenvalue weighted by molar-refractivity contribution is 5.95. The van der Waals surface area contributed by atoms with Crippen molar-refractivity contribution in [3.63, 3.8) is 0 Å². The first-order valence-electron chi connectivity index (χ1n) is 8.23. The van der Waals surface area contributed by atoms with Crippen LogP contribution in [0.1, 0.15) is 18.1 Å². The quantitative estimate of drug-likeness (QED) is 0.369. The smallest absolute Gasteiger partial charge is 0.243 e. The van der Waals surface area contributed by atoms with Crippen molar-refractivity contribution in [1.82, 2.24) is 10.6 Å². The average Bonchev–Trinajstić information content (AvgIpc) is 2.61. The van der Waals surface area contributed by atoms with E-state index in [4.69, 9.17) is 0 Å². The molecule has 0 saturated carbocycles. The molecule has 0 aliphatic carbocycles. The number of phenols is 1. The van der Waals surface area contributed by atoms with Gasteiger partial charge in [-0.1, -0.05) is 29.8 Å². The molecule has 2 aromatic carbocycles. The number of nitrogens with one attached hydrogen (secondary N) is 3. The summed E-state index contributed by atoms with van der Waals surface area (Å²) in [5, 5.41) is 18.1. The minimum atomic E-state index is -0.188. The molecule has 0 atom stereocenters. The van der Waals surface area contributed by atoms with Crippen LogP contribution in [0.15, 0.2) is 53.5 Å². The third-order valence-electron chi connectivity index (χ3n) is 3.45. The van der Waals surface area contributed by atoms with Crippen molar-refractivity contribution < 1.29 is 9.90 Å². The Morgan fingerprint density at radius 2 is 1.72 bits per heavy atom. The standard InChI is InChI=1S/C19H24N4O2/c1-3-20-19(21-12-15-6-4-14(2)5-7-15)22-13-18(25)23-16-8-10-17(24)11-9-16/h4-11,24H,3,12-13H2,1-2H3,(H,23,25)(H2,20,21,22). The van der Waals surface area contributed by atoms with Gasteiger partial charge in [0.05, 0.1) is 13.1 Å². The number of benzene rings is 2. The van der Waals surface area contributed by atoms with Crippen LogP contribution in [0.2, 0.25) is 0 Å². The van der Waals surface area contributed by atoms with Gasteiger partial charge in [-0.25, -0.2) is 4.99 Å². The Morgan fingerprint density at radius 3 is 2.36 bits per heavy atom. The predicted molar refractivity (Wildman–Crippen MR) is 101 cm³/mol. The van der Waals surface area contributed by atoms with Crippen LogP contribution in [0, 0.1) is 6.92 Å². The second-order valence-corrected chi connectivity index (χ2v) is 5.63. The van der Waals surface area contributed by atoms with E-state index in [2.05, 4.69) is 33.1 Å². The number of nitrogens with zero attached hydrogens (tertiary/aromatic N) is 1. The van der Waals surface area contributed by atoms with Gasteiger partial charge in [0, 0.05) is 12.2 Å². The molecule has 0 aromatic heterocycles. The summed E-state index contributed by atoms with van der Waals surface area (Å²) >= 11 is 0. The predicted octanol–water partition coefficient (Wildman–Crippen LogP) is 2.39. The molecule has 0 spiro atoms. The van der Waals surface area contributed by atoms with Crippen LogP contribution in [0.3, 0.4) is 0 Å². The van der Waals surface area contributed by atoms with Crippen molar-refractivity contribution in [1.29, 1.82) is 0 Å². The first kappa shape index (κ1) is 18.3. The summed E-state index contributed by atoms with van der Waals surface area (Å²) in [4.78, 5) is 16.5. The Labute approximate surface area is 148 Å². The molecular formula is C19H24N4O2. The van der Waals surface area contributed by atoms with E-state index >= 15 is 0 Å². The molecule has 2 rings (SSSR count). The molecule has 4 N–H and O–H groups in total. The van der Waals surface area contributed by atoms with Crippen LogP contribution in [-0.2, 0) is 11.3 Å². The van der Waals surface area contributed by atoms with Gasteiger partial charge in [-0.2, -0.15) is 0 Å². The number of amides is 1. The number of hydrogen-bond donors (Lipinski definition) is 4. The number of carbonyl (C=O) groups is 1. The molecule has 25 heavy (non-hydrogen) atoms. The van der Waals surface area contributed by atoms with Crippen molar-refractivity contribution >= 4 is 17.6 Å². The largest absolute Gasteiger partial charge is 0.508 e. The lowest BCUT2D eigenvalue weighted by atomic mass is 10.1. The highest BCUT2D eigenvalue weighted by Gasteiger charge is 2.04. The Kier molecular flexibility index (Phi) is 6.83. The van der Waals surface area contributed by atoms with E-state index < -0.39 is 0 Å². The molecule has 0 radical (unpaired) electrons. The first-order valence-corrected chi connectivity index (χ1v) is 8.23. The van der Waals surface area contributed by atoms with Crippen LogP contribution in [-0.4, -0.2) is 30.1 Å². The molecule has 0 heterocycles. The number of hydrogen-bond acceptors (Lipinski definition) is 3. The summed E-state index contributed by atoms with van der Waals surface area (Å²) in [5.41, 5.74) is 2.95. The summed E-state index contributed by atoms with van der Waals surface area (Å²) in [6, 6.07) is 14.5. The summed E-state index contributed by atoms with van der Waals surface area (Å²) in [6.45, 7) is 5.36. The molecule has 1 amide bonds. The molecule has 6 heteroatoms. The molecule has 2 aromatic rings. The monoisotopic (exact) mass is 340 g/mol. The van der Waals surface area contributed by atoms with E-state index in [1.54, 1.807) is 12.1 Å². The van der Waals surface area contributed by atoms with E-state index in [1.165, 1.54) is 17.7 Å². The molecule has 0 unspecified atom stereocenters. The van der Waals surface area contributed by atoms with Crippen LogP contribution in [0.5, 0.6) is 5.75 Å².